The second-order valence-corrected chi connectivity index (χ2v) is 8.14. The second-order valence-electron chi connectivity index (χ2n) is 6.25. The molecule has 1 aliphatic rings. The number of nitrogens with zero attached hydrogens (tertiary/aromatic N) is 2. The van der Waals surface area contributed by atoms with E-state index < -0.39 is 10.0 Å². The van der Waals surface area contributed by atoms with Gasteiger partial charge in [0.15, 0.2) is 0 Å². The van der Waals surface area contributed by atoms with Crippen LogP contribution in [0.25, 0.3) is 0 Å². The molecule has 1 aliphatic heterocycles. The van der Waals surface area contributed by atoms with E-state index in [0.29, 0.717) is 24.2 Å². The average Bonchev–Trinajstić information content (AvgIpc) is 2.67. The first-order valence-corrected chi connectivity index (χ1v) is 9.80. The molecule has 1 unspecified atom stereocenters. The number of terminal acetylenes is 1. The van der Waals surface area contributed by atoms with Gasteiger partial charge in [-0.3, -0.25) is 4.79 Å². The van der Waals surface area contributed by atoms with Crippen LogP contribution in [-0.4, -0.2) is 49.2 Å². The number of sulfonamides is 1. The molecule has 6 heteroatoms. The van der Waals surface area contributed by atoms with Gasteiger partial charge in [0.1, 0.15) is 0 Å². The number of rotatable bonds is 3. The van der Waals surface area contributed by atoms with Crippen molar-refractivity contribution in [2.75, 3.05) is 19.6 Å². The number of hydrogen-bond donors (Lipinski definition) is 0. The minimum absolute atomic E-state index is 0.0760. The summed E-state index contributed by atoms with van der Waals surface area (Å²) in [5.74, 6) is 2.40. The number of piperazine rings is 1. The third kappa shape index (κ3) is 3.50. The van der Waals surface area contributed by atoms with Crippen LogP contribution in [-0.2, 0) is 10.0 Å². The molecule has 1 amide bonds. The second kappa shape index (κ2) is 7.32. The minimum Gasteiger partial charge on any atom is -0.336 e. The van der Waals surface area contributed by atoms with E-state index in [2.05, 4.69) is 5.92 Å². The van der Waals surface area contributed by atoms with Crippen molar-refractivity contribution < 1.29 is 13.2 Å². The summed E-state index contributed by atoms with van der Waals surface area (Å²) in [7, 11) is -3.62. The molecule has 0 spiro atoms. The monoisotopic (exact) mass is 368 g/mol. The Balaban J connectivity index is 1.76. The summed E-state index contributed by atoms with van der Waals surface area (Å²) in [5, 5.41) is 0. The fraction of sp³-hybridized carbons (Fsp3) is 0.250. The van der Waals surface area contributed by atoms with Gasteiger partial charge in [-0.2, -0.15) is 4.31 Å². The molecule has 26 heavy (non-hydrogen) atoms. The number of hydrogen-bond acceptors (Lipinski definition) is 3. The zero-order valence-electron chi connectivity index (χ0n) is 14.5. The Labute approximate surface area is 154 Å². The molecular weight excluding hydrogens is 348 g/mol. The molecule has 0 aliphatic carbocycles. The standard InChI is InChI=1S/C20H20N2O3S/c1-3-17-9-11-19(12-10-17)26(24,25)22-14-13-21(15-16(22)2)20(23)18-7-5-4-6-8-18/h1,4-12,16H,13-15H2,2H3. The van der Waals surface area contributed by atoms with E-state index in [1.165, 1.54) is 16.4 Å². The molecule has 2 aromatic rings. The Kier molecular flexibility index (Phi) is 5.12. The Morgan fingerprint density at radius 3 is 2.31 bits per heavy atom. The van der Waals surface area contributed by atoms with Gasteiger partial charge in [-0.1, -0.05) is 24.1 Å². The lowest BCUT2D eigenvalue weighted by Crippen LogP contribution is -2.55. The molecule has 134 valence electrons. The van der Waals surface area contributed by atoms with Gasteiger partial charge >= 0.3 is 0 Å². The smallest absolute Gasteiger partial charge is 0.253 e. The molecule has 0 N–H and O–H groups in total. The largest absolute Gasteiger partial charge is 0.336 e. The number of carbonyl (C=O) groups is 1. The van der Waals surface area contributed by atoms with Gasteiger partial charge in [-0.25, -0.2) is 8.42 Å². The van der Waals surface area contributed by atoms with E-state index in [1.807, 2.05) is 25.1 Å². The van der Waals surface area contributed by atoms with Gasteiger partial charge in [0.25, 0.3) is 5.91 Å². The molecule has 3 rings (SSSR count). The van der Waals surface area contributed by atoms with Gasteiger partial charge in [0, 0.05) is 36.8 Å². The predicted molar refractivity (Wildman–Crippen MR) is 100 cm³/mol. The normalized spacial score (nSPS) is 18.3. The van der Waals surface area contributed by atoms with Crippen molar-refractivity contribution in [2.24, 2.45) is 0 Å². The fourth-order valence-corrected chi connectivity index (χ4v) is 4.72. The van der Waals surface area contributed by atoms with Crippen LogP contribution in [0.5, 0.6) is 0 Å². The lowest BCUT2D eigenvalue weighted by atomic mass is 10.1. The van der Waals surface area contributed by atoms with Crippen LogP contribution in [0.3, 0.4) is 0 Å². The molecule has 2 aromatic carbocycles. The highest BCUT2D eigenvalue weighted by Crippen LogP contribution is 2.22. The van der Waals surface area contributed by atoms with E-state index in [4.69, 9.17) is 6.42 Å². The van der Waals surface area contributed by atoms with Crippen molar-refractivity contribution in [1.82, 2.24) is 9.21 Å². The molecule has 1 atom stereocenters. The Morgan fingerprint density at radius 2 is 1.73 bits per heavy atom. The maximum absolute atomic E-state index is 12.9. The summed E-state index contributed by atoms with van der Waals surface area (Å²) < 4.78 is 27.3. The van der Waals surface area contributed by atoms with Crippen molar-refractivity contribution in [1.29, 1.82) is 0 Å². The van der Waals surface area contributed by atoms with Gasteiger partial charge in [0.05, 0.1) is 4.90 Å². The Bertz CT molecular complexity index is 931. The summed E-state index contributed by atoms with van der Waals surface area (Å²) in [4.78, 5) is 14.5. The molecule has 0 bridgehead atoms. The number of benzene rings is 2. The van der Waals surface area contributed by atoms with E-state index in [0.717, 1.165) is 0 Å². The summed E-state index contributed by atoms with van der Waals surface area (Å²) in [6.07, 6.45) is 5.32. The van der Waals surface area contributed by atoms with Crippen molar-refractivity contribution in [3.63, 3.8) is 0 Å². The van der Waals surface area contributed by atoms with E-state index in [-0.39, 0.29) is 23.4 Å². The maximum atomic E-state index is 12.9. The summed E-state index contributed by atoms with van der Waals surface area (Å²) in [6.45, 7) is 2.80. The van der Waals surface area contributed by atoms with Crippen molar-refractivity contribution in [3.05, 3.63) is 65.7 Å². The van der Waals surface area contributed by atoms with Crippen LogP contribution in [0.2, 0.25) is 0 Å². The minimum atomic E-state index is -3.62. The Hall–Kier alpha value is -2.62. The molecule has 1 saturated heterocycles. The van der Waals surface area contributed by atoms with Crippen LogP contribution < -0.4 is 0 Å². The van der Waals surface area contributed by atoms with Crippen LogP contribution >= 0.6 is 0 Å². The third-order valence-electron chi connectivity index (χ3n) is 4.50. The van der Waals surface area contributed by atoms with Crippen molar-refractivity contribution in [3.8, 4) is 12.3 Å². The summed E-state index contributed by atoms with van der Waals surface area (Å²) in [5.41, 5.74) is 1.25. The highest BCUT2D eigenvalue weighted by atomic mass is 32.2. The highest BCUT2D eigenvalue weighted by Gasteiger charge is 2.35. The highest BCUT2D eigenvalue weighted by molar-refractivity contribution is 7.89. The maximum Gasteiger partial charge on any atom is 0.253 e. The number of carbonyl (C=O) groups excluding carboxylic acids is 1. The molecular formula is C20H20N2O3S. The third-order valence-corrected chi connectivity index (χ3v) is 6.53. The first kappa shape index (κ1) is 18.2. The zero-order valence-corrected chi connectivity index (χ0v) is 15.3. The van der Waals surface area contributed by atoms with E-state index >= 15 is 0 Å². The molecule has 0 radical (unpaired) electrons. The summed E-state index contributed by atoms with van der Waals surface area (Å²) in [6, 6.07) is 15.0. The van der Waals surface area contributed by atoms with Gasteiger partial charge in [-0.15, -0.1) is 6.42 Å². The lowest BCUT2D eigenvalue weighted by Gasteiger charge is -2.39. The molecule has 5 nitrogen and oxygen atoms in total. The molecule has 1 heterocycles. The van der Waals surface area contributed by atoms with Gasteiger partial charge in [0.2, 0.25) is 10.0 Å². The first-order valence-electron chi connectivity index (χ1n) is 8.36. The van der Waals surface area contributed by atoms with Crippen LogP contribution in [0.15, 0.2) is 59.5 Å². The lowest BCUT2D eigenvalue weighted by molar-refractivity contribution is 0.0642. The van der Waals surface area contributed by atoms with Crippen molar-refractivity contribution in [2.45, 2.75) is 17.9 Å². The first-order chi connectivity index (χ1) is 12.4. The van der Waals surface area contributed by atoms with Crippen LogP contribution in [0.4, 0.5) is 0 Å². The average molecular weight is 368 g/mol. The van der Waals surface area contributed by atoms with Crippen molar-refractivity contribution >= 4 is 15.9 Å². The SMILES string of the molecule is C#Cc1ccc(S(=O)(=O)N2CCN(C(=O)c3ccccc3)CC2C)cc1. The quantitative estimate of drug-likeness (QED) is 0.781. The molecule has 1 fully saturated rings. The number of amides is 1. The van der Waals surface area contributed by atoms with E-state index in [1.54, 1.807) is 29.2 Å². The molecule has 0 aromatic heterocycles. The summed E-state index contributed by atoms with van der Waals surface area (Å²) >= 11 is 0. The zero-order chi connectivity index (χ0) is 18.7. The van der Waals surface area contributed by atoms with Gasteiger partial charge < -0.3 is 4.90 Å². The predicted octanol–water partition coefficient (Wildman–Crippen LogP) is 2.20. The van der Waals surface area contributed by atoms with Crippen LogP contribution in [0, 0.1) is 12.3 Å². The van der Waals surface area contributed by atoms with Gasteiger partial charge in [-0.05, 0) is 43.3 Å². The van der Waals surface area contributed by atoms with E-state index in [9.17, 15) is 13.2 Å². The topological polar surface area (TPSA) is 57.7 Å². The fourth-order valence-electron chi connectivity index (χ4n) is 3.10. The molecule has 0 saturated carbocycles. The Morgan fingerprint density at radius 1 is 1.08 bits per heavy atom. The van der Waals surface area contributed by atoms with Crippen LogP contribution in [0.1, 0.15) is 22.8 Å².